The van der Waals surface area contributed by atoms with Crippen LogP contribution in [0.15, 0.2) is 28.9 Å². The average molecular weight is 324 g/mol. The van der Waals surface area contributed by atoms with Crippen molar-refractivity contribution in [3.8, 4) is 11.6 Å². The lowest BCUT2D eigenvalue weighted by Gasteiger charge is -2.23. The topological polar surface area (TPSA) is 97.3 Å². The summed E-state index contributed by atoms with van der Waals surface area (Å²) in [6, 6.07) is 5.38. The van der Waals surface area contributed by atoms with Crippen LogP contribution in [-0.2, 0) is 4.79 Å². The molecule has 1 aliphatic heterocycles. The first-order chi connectivity index (χ1) is 11.8. The summed E-state index contributed by atoms with van der Waals surface area (Å²) in [5.74, 6) is 2.84. The maximum atomic E-state index is 12.1. The maximum absolute atomic E-state index is 12.1. The Morgan fingerprint density at radius 3 is 2.88 bits per heavy atom. The van der Waals surface area contributed by atoms with Crippen LogP contribution in [-0.4, -0.2) is 38.6 Å². The van der Waals surface area contributed by atoms with E-state index in [1.807, 2.05) is 6.07 Å². The zero-order valence-electron chi connectivity index (χ0n) is 12.9. The zero-order valence-corrected chi connectivity index (χ0v) is 12.9. The average Bonchev–Trinajstić information content (AvgIpc) is 3.07. The van der Waals surface area contributed by atoms with Gasteiger partial charge in [-0.15, -0.1) is 5.10 Å². The largest absolute Gasteiger partial charge is 0.461 e. The van der Waals surface area contributed by atoms with Crippen molar-refractivity contribution < 1.29 is 9.21 Å². The molecule has 1 saturated heterocycles. The van der Waals surface area contributed by atoms with Gasteiger partial charge in [-0.05, 0) is 25.0 Å². The van der Waals surface area contributed by atoms with Crippen LogP contribution in [0.5, 0.6) is 0 Å². The summed E-state index contributed by atoms with van der Waals surface area (Å²) in [6.07, 6.45) is 3.48. The van der Waals surface area contributed by atoms with Gasteiger partial charge in [0.1, 0.15) is 5.82 Å². The predicted molar refractivity (Wildman–Crippen MR) is 85.4 cm³/mol. The summed E-state index contributed by atoms with van der Waals surface area (Å²) >= 11 is 0. The standard InChI is InChI=1S/C16H16N6O2/c23-16(9-3-4-9)19-12-6-13-20-14(10-7-17-8-10)21-22(13)15(18-12)11-2-1-5-24-11/h1-2,5-6,9-10,17H,3-4,7-8H2,(H,19,23). The molecule has 0 bridgehead atoms. The number of furan rings is 1. The summed E-state index contributed by atoms with van der Waals surface area (Å²) in [7, 11) is 0. The minimum absolute atomic E-state index is 0.0141. The monoisotopic (exact) mass is 324 g/mol. The van der Waals surface area contributed by atoms with Gasteiger partial charge in [0.2, 0.25) is 11.7 Å². The van der Waals surface area contributed by atoms with Crippen LogP contribution in [0.1, 0.15) is 24.6 Å². The molecule has 8 heteroatoms. The third kappa shape index (κ3) is 2.26. The first-order valence-electron chi connectivity index (χ1n) is 8.11. The van der Waals surface area contributed by atoms with Crippen molar-refractivity contribution in [2.24, 2.45) is 5.92 Å². The molecular formula is C16H16N6O2. The number of nitrogens with one attached hydrogen (secondary N) is 2. The Hall–Kier alpha value is -2.74. The quantitative estimate of drug-likeness (QED) is 0.753. The van der Waals surface area contributed by atoms with E-state index in [1.54, 1.807) is 22.9 Å². The van der Waals surface area contributed by atoms with Crippen molar-refractivity contribution in [2.45, 2.75) is 18.8 Å². The Bertz CT molecular complexity index is 908. The Kier molecular flexibility index (Phi) is 2.93. The number of rotatable bonds is 4. The van der Waals surface area contributed by atoms with Gasteiger partial charge in [0, 0.05) is 31.0 Å². The van der Waals surface area contributed by atoms with E-state index in [1.165, 1.54) is 0 Å². The van der Waals surface area contributed by atoms with Crippen LogP contribution >= 0.6 is 0 Å². The van der Waals surface area contributed by atoms with Gasteiger partial charge in [-0.3, -0.25) is 4.79 Å². The van der Waals surface area contributed by atoms with E-state index >= 15 is 0 Å². The van der Waals surface area contributed by atoms with Crippen LogP contribution in [0.25, 0.3) is 17.2 Å². The van der Waals surface area contributed by atoms with Gasteiger partial charge in [-0.2, -0.15) is 4.52 Å². The minimum Gasteiger partial charge on any atom is -0.461 e. The highest BCUT2D eigenvalue weighted by Gasteiger charge is 2.30. The molecule has 0 spiro atoms. The number of nitrogens with zero attached hydrogens (tertiary/aromatic N) is 4. The SMILES string of the molecule is O=C(Nc1cc2nc(C3CNC3)nn2c(-c2ccco2)n1)C1CC1. The van der Waals surface area contributed by atoms with Gasteiger partial charge >= 0.3 is 0 Å². The molecule has 1 amide bonds. The van der Waals surface area contributed by atoms with Gasteiger partial charge in [0.25, 0.3) is 0 Å². The van der Waals surface area contributed by atoms with Gasteiger partial charge < -0.3 is 15.1 Å². The summed E-state index contributed by atoms with van der Waals surface area (Å²) in [6.45, 7) is 1.76. The van der Waals surface area contributed by atoms with E-state index < -0.39 is 0 Å². The number of amides is 1. The number of aromatic nitrogens is 4. The Morgan fingerprint density at radius 2 is 2.21 bits per heavy atom. The lowest BCUT2D eigenvalue weighted by molar-refractivity contribution is -0.117. The number of anilines is 1. The van der Waals surface area contributed by atoms with Gasteiger partial charge in [-0.25, -0.2) is 9.97 Å². The molecule has 5 rings (SSSR count). The summed E-state index contributed by atoms with van der Waals surface area (Å²) in [4.78, 5) is 21.2. The maximum Gasteiger partial charge on any atom is 0.228 e. The number of carbonyl (C=O) groups excluding carboxylic acids is 1. The molecule has 24 heavy (non-hydrogen) atoms. The fourth-order valence-electron chi connectivity index (χ4n) is 2.75. The predicted octanol–water partition coefficient (Wildman–Crippen LogP) is 1.42. The zero-order chi connectivity index (χ0) is 16.1. The molecule has 1 saturated carbocycles. The van der Waals surface area contributed by atoms with Crippen molar-refractivity contribution in [1.82, 2.24) is 24.9 Å². The van der Waals surface area contributed by atoms with E-state index in [9.17, 15) is 4.79 Å². The highest BCUT2D eigenvalue weighted by atomic mass is 16.3. The molecule has 2 N–H and O–H groups in total. The first-order valence-corrected chi connectivity index (χ1v) is 8.11. The minimum atomic E-state index is 0.0141. The van der Waals surface area contributed by atoms with Crippen LogP contribution < -0.4 is 10.6 Å². The number of hydrogen-bond acceptors (Lipinski definition) is 6. The molecule has 1 aliphatic carbocycles. The number of carbonyl (C=O) groups is 1. The van der Waals surface area contributed by atoms with Crippen molar-refractivity contribution in [1.29, 1.82) is 0 Å². The van der Waals surface area contributed by atoms with E-state index in [0.717, 1.165) is 31.8 Å². The third-order valence-corrected chi connectivity index (χ3v) is 4.43. The third-order valence-electron chi connectivity index (χ3n) is 4.43. The van der Waals surface area contributed by atoms with Gasteiger partial charge in [0.05, 0.1) is 6.26 Å². The second kappa shape index (κ2) is 5.13. The van der Waals surface area contributed by atoms with Gasteiger partial charge in [0.15, 0.2) is 17.2 Å². The molecule has 122 valence electrons. The molecule has 0 unspecified atom stereocenters. The van der Waals surface area contributed by atoms with E-state index in [4.69, 9.17) is 4.42 Å². The van der Waals surface area contributed by atoms with E-state index in [0.29, 0.717) is 29.0 Å². The normalized spacial score (nSPS) is 17.8. The molecule has 3 aromatic rings. The van der Waals surface area contributed by atoms with Crippen molar-refractivity contribution in [3.63, 3.8) is 0 Å². The molecule has 4 heterocycles. The van der Waals surface area contributed by atoms with Gasteiger partial charge in [-0.1, -0.05) is 0 Å². The molecule has 2 aliphatic rings. The van der Waals surface area contributed by atoms with Crippen LogP contribution in [0.2, 0.25) is 0 Å². The Balaban J connectivity index is 1.61. The lowest BCUT2D eigenvalue weighted by Crippen LogP contribution is -2.40. The molecular weight excluding hydrogens is 308 g/mol. The molecule has 2 fully saturated rings. The summed E-state index contributed by atoms with van der Waals surface area (Å²) in [5.41, 5.74) is 0.657. The fraction of sp³-hybridized carbons (Fsp3) is 0.375. The number of hydrogen-bond donors (Lipinski definition) is 2. The Labute approximate surface area is 137 Å². The molecule has 0 radical (unpaired) electrons. The molecule has 0 aromatic carbocycles. The van der Waals surface area contributed by atoms with E-state index in [2.05, 4.69) is 25.7 Å². The van der Waals surface area contributed by atoms with Crippen molar-refractivity contribution >= 4 is 17.4 Å². The van der Waals surface area contributed by atoms with E-state index in [-0.39, 0.29) is 11.8 Å². The van der Waals surface area contributed by atoms with Crippen LogP contribution in [0.4, 0.5) is 5.82 Å². The van der Waals surface area contributed by atoms with Crippen molar-refractivity contribution in [3.05, 3.63) is 30.3 Å². The first kappa shape index (κ1) is 13.7. The lowest BCUT2D eigenvalue weighted by atomic mass is 10.0. The van der Waals surface area contributed by atoms with Crippen molar-refractivity contribution in [2.75, 3.05) is 18.4 Å². The molecule has 3 aromatic heterocycles. The summed E-state index contributed by atoms with van der Waals surface area (Å²) < 4.78 is 7.16. The molecule has 0 atom stereocenters. The second-order valence-corrected chi connectivity index (χ2v) is 6.30. The Morgan fingerprint density at radius 1 is 1.33 bits per heavy atom. The second-order valence-electron chi connectivity index (χ2n) is 6.30. The highest BCUT2D eigenvalue weighted by molar-refractivity contribution is 5.93. The van der Waals surface area contributed by atoms with Crippen LogP contribution in [0.3, 0.4) is 0 Å². The smallest absolute Gasteiger partial charge is 0.228 e. The number of fused-ring (bicyclic) bond motifs is 1. The van der Waals surface area contributed by atoms with Crippen LogP contribution in [0, 0.1) is 5.92 Å². The fourth-order valence-corrected chi connectivity index (χ4v) is 2.75. The highest BCUT2D eigenvalue weighted by Crippen LogP contribution is 2.30. The summed E-state index contributed by atoms with van der Waals surface area (Å²) in [5, 5.41) is 10.7. The molecule has 8 nitrogen and oxygen atoms in total.